The van der Waals surface area contributed by atoms with E-state index in [-0.39, 0.29) is 17.7 Å². The molecule has 3 fully saturated rings. The summed E-state index contributed by atoms with van der Waals surface area (Å²) < 4.78 is 0. The second kappa shape index (κ2) is 6.59. The Hall–Kier alpha value is -2.21. The van der Waals surface area contributed by atoms with Gasteiger partial charge in [0.15, 0.2) is 0 Å². The molecule has 3 amide bonds. The molecule has 2 atom stereocenters. The maximum absolute atomic E-state index is 13.0. The van der Waals surface area contributed by atoms with Crippen molar-refractivity contribution in [2.24, 2.45) is 0 Å². The lowest BCUT2D eigenvalue weighted by atomic mass is 10.1. The lowest BCUT2D eigenvalue weighted by Gasteiger charge is -2.28. The highest BCUT2D eigenvalue weighted by Gasteiger charge is 2.38. The Labute approximate surface area is 147 Å². The minimum Gasteiger partial charge on any atom is -0.331 e. The molecule has 1 N–H and O–H groups in total. The summed E-state index contributed by atoms with van der Waals surface area (Å²) in [4.78, 5) is 39.8. The van der Waals surface area contributed by atoms with E-state index in [0.717, 1.165) is 37.9 Å². The molecule has 4 rings (SSSR count). The van der Waals surface area contributed by atoms with Crippen molar-refractivity contribution < 1.29 is 14.4 Å². The minimum absolute atomic E-state index is 0.0936. The van der Waals surface area contributed by atoms with E-state index in [2.05, 4.69) is 10.2 Å². The zero-order chi connectivity index (χ0) is 17.4. The molecule has 2 bridgehead atoms. The predicted octanol–water partition coefficient (Wildman–Crippen LogP) is 1.30. The van der Waals surface area contributed by atoms with Crippen LogP contribution in [-0.2, 0) is 16.1 Å². The number of fused-ring (bicyclic) bond motifs is 2. The molecule has 2 unspecified atom stereocenters. The number of amides is 3. The first-order valence-electron chi connectivity index (χ1n) is 9.09. The number of carbonyl (C=O) groups is 3. The van der Waals surface area contributed by atoms with Gasteiger partial charge in [-0.1, -0.05) is 12.1 Å². The van der Waals surface area contributed by atoms with Crippen LogP contribution in [0, 0.1) is 0 Å². The SMILES string of the molecule is O=C1CCC(=O)N1Cc1ccc(C(=O)N2C3CCNCC2CC3)cc1. The van der Waals surface area contributed by atoms with Gasteiger partial charge in [0.1, 0.15) is 0 Å². The summed E-state index contributed by atoms with van der Waals surface area (Å²) in [5.41, 5.74) is 1.56. The van der Waals surface area contributed by atoms with Crippen LogP contribution in [0.3, 0.4) is 0 Å². The first kappa shape index (κ1) is 16.3. The molecular weight excluding hydrogens is 318 g/mol. The molecule has 25 heavy (non-hydrogen) atoms. The smallest absolute Gasteiger partial charge is 0.254 e. The van der Waals surface area contributed by atoms with E-state index < -0.39 is 0 Å². The summed E-state index contributed by atoms with van der Waals surface area (Å²) in [6.45, 7) is 2.15. The van der Waals surface area contributed by atoms with Gasteiger partial charge in [-0.3, -0.25) is 19.3 Å². The van der Waals surface area contributed by atoms with Gasteiger partial charge in [-0.15, -0.1) is 0 Å². The Morgan fingerprint density at radius 3 is 2.40 bits per heavy atom. The fraction of sp³-hybridized carbons (Fsp3) is 0.526. The number of nitrogens with zero attached hydrogens (tertiary/aromatic N) is 2. The topological polar surface area (TPSA) is 69.7 Å². The van der Waals surface area contributed by atoms with E-state index in [1.54, 1.807) is 0 Å². The average molecular weight is 341 g/mol. The van der Waals surface area contributed by atoms with Gasteiger partial charge in [0.05, 0.1) is 6.54 Å². The molecule has 0 aromatic heterocycles. The van der Waals surface area contributed by atoms with E-state index in [9.17, 15) is 14.4 Å². The molecule has 6 nitrogen and oxygen atoms in total. The predicted molar refractivity (Wildman–Crippen MR) is 91.7 cm³/mol. The van der Waals surface area contributed by atoms with Crippen molar-refractivity contribution in [2.75, 3.05) is 13.1 Å². The Balaban J connectivity index is 1.47. The van der Waals surface area contributed by atoms with Crippen molar-refractivity contribution in [3.63, 3.8) is 0 Å². The van der Waals surface area contributed by atoms with Gasteiger partial charge >= 0.3 is 0 Å². The molecule has 0 spiro atoms. The third-order valence-electron chi connectivity index (χ3n) is 5.59. The average Bonchev–Trinajstić information content (AvgIpc) is 3.06. The summed E-state index contributed by atoms with van der Waals surface area (Å²) >= 11 is 0. The largest absolute Gasteiger partial charge is 0.331 e. The van der Waals surface area contributed by atoms with E-state index in [1.165, 1.54) is 4.90 Å². The number of nitrogens with one attached hydrogen (secondary N) is 1. The van der Waals surface area contributed by atoms with Crippen molar-refractivity contribution in [1.29, 1.82) is 0 Å². The quantitative estimate of drug-likeness (QED) is 0.842. The molecule has 3 aliphatic rings. The highest BCUT2D eigenvalue weighted by molar-refractivity contribution is 6.01. The molecule has 1 aromatic carbocycles. The summed E-state index contributed by atoms with van der Waals surface area (Å²) in [6, 6.07) is 7.97. The van der Waals surface area contributed by atoms with Gasteiger partial charge in [-0.25, -0.2) is 0 Å². The van der Waals surface area contributed by atoms with Crippen molar-refractivity contribution in [1.82, 2.24) is 15.1 Å². The van der Waals surface area contributed by atoms with Crippen molar-refractivity contribution in [3.05, 3.63) is 35.4 Å². The van der Waals surface area contributed by atoms with Gasteiger partial charge < -0.3 is 10.2 Å². The van der Waals surface area contributed by atoms with Gasteiger partial charge in [-0.05, 0) is 43.5 Å². The lowest BCUT2D eigenvalue weighted by Crippen LogP contribution is -2.42. The highest BCUT2D eigenvalue weighted by atomic mass is 16.2. The van der Waals surface area contributed by atoms with Crippen LogP contribution in [0.2, 0.25) is 0 Å². The number of carbonyl (C=O) groups excluding carboxylic acids is 3. The minimum atomic E-state index is -0.112. The van der Waals surface area contributed by atoms with Gasteiger partial charge in [0.25, 0.3) is 5.91 Å². The number of hydrogen-bond acceptors (Lipinski definition) is 4. The number of benzene rings is 1. The fourth-order valence-electron chi connectivity index (χ4n) is 4.20. The zero-order valence-electron chi connectivity index (χ0n) is 14.2. The fourth-order valence-corrected chi connectivity index (χ4v) is 4.20. The zero-order valence-corrected chi connectivity index (χ0v) is 14.2. The van der Waals surface area contributed by atoms with Crippen LogP contribution in [0.1, 0.15) is 48.0 Å². The van der Waals surface area contributed by atoms with Crippen LogP contribution < -0.4 is 5.32 Å². The molecule has 6 heteroatoms. The second-order valence-electron chi connectivity index (χ2n) is 7.16. The van der Waals surface area contributed by atoms with Crippen LogP contribution in [0.5, 0.6) is 0 Å². The third kappa shape index (κ3) is 3.06. The molecule has 3 aliphatic heterocycles. The molecule has 3 heterocycles. The van der Waals surface area contributed by atoms with E-state index in [4.69, 9.17) is 0 Å². The van der Waals surface area contributed by atoms with E-state index in [0.29, 0.717) is 37.0 Å². The maximum atomic E-state index is 13.0. The van der Waals surface area contributed by atoms with E-state index >= 15 is 0 Å². The van der Waals surface area contributed by atoms with Crippen LogP contribution in [-0.4, -0.2) is 52.7 Å². The van der Waals surface area contributed by atoms with Gasteiger partial charge in [0, 0.05) is 37.0 Å². The molecular formula is C19H23N3O3. The molecule has 1 aromatic rings. The molecule has 3 saturated heterocycles. The molecule has 0 aliphatic carbocycles. The normalized spacial score (nSPS) is 26.2. The Morgan fingerprint density at radius 1 is 1.00 bits per heavy atom. The Kier molecular flexibility index (Phi) is 4.29. The van der Waals surface area contributed by atoms with Gasteiger partial charge in [-0.2, -0.15) is 0 Å². The first-order chi connectivity index (χ1) is 12.1. The van der Waals surface area contributed by atoms with Crippen LogP contribution >= 0.6 is 0 Å². The van der Waals surface area contributed by atoms with Crippen molar-refractivity contribution >= 4 is 17.7 Å². The summed E-state index contributed by atoms with van der Waals surface area (Å²) in [5, 5.41) is 3.41. The standard InChI is InChI=1S/C19H23N3O3/c23-17-7-8-18(24)21(17)12-13-1-3-14(4-2-13)19(25)22-15-5-6-16(22)11-20-10-9-15/h1-4,15-16,20H,5-12H2. The number of imide groups is 1. The summed E-state index contributed by atoms with van der Waals surface area (Å²) in [5.74, 6) is -0.131. The van der Waals surface area contributed by atoms with Crippen LogP contribution in [0.25, 0.3) is 0 Å². The van der Waals surface area contributed by atoms with Crippen LogP contribution in [0.4, 0.5) is 0 Å². The molecule has 132 valence electrons. The number of hydrogen-bond donors (Lipinski definition) is 1. The Bertz CT molecular complexity index is 670. The summed E-state index contributed by atoms with van der Waals surface area (Å²) in [7, 11) is 0. The number of likely N-dealkylation sites (tertiary alicyclic amines) is 1. The maximum Gasteiger partial charge on any atom is 0.254 e. The van der Waals surface area contributed by atoms with Gasteiger partial charge in [0.2, 0.25) is 11.8 Å². The third-order valence-corrected chi connectivity index (χ3v) is 5.59. The van der Waals surface area contributed by atoms with Crippen molar-refractivity contribution in [3.8, 4) is 0 Å². The van der Waals surface area contributed by atoms with Crippen LogP contribution in [0.15, 0.2) is 24.3 Å². The van der Waals surface area contributed by atoms with E-state index in [1.807, 2.05) is 24.3 Å². The van der Waals surface area contributed by atoms with Crippen molar-refractivity contribution in [2.45, 2.75) is 50.7 Å². The summed E-state index contributed by atoms with van der Waals surface area (Å²) in [6.07, 6.45) is 3.79. The number of rotatable bonds is 3. The molecule has 0 radical (unpaired) electrons. The second-order valence-corrected chi connectivity index (χ2v) is 7.16. The highest BCUT2D eigenvalue weighted by Crippen LogP contribution is 2.29. The Morgan fingerprint density at radius 2 is 1.68 bits per heavy atom. The lowest BCUT2D eigenvalue weighted by molar-refractivity contribution is -0.139. The molecule has 0 saturated carbocycles. The monoisotopic (exact) mass is 341 g/mol. The first-order valence-corrected chi connectivity index (χ1v) is 9.09.